The number of carbonyl (C=O) groups is 2. The molecule has 1 aliphatic heterocycles. The fourth-order valence-electron chi connectivity index (χ4n) is 2.60. The van der Waals surface area contributed by atoms with Gasteiger partial charge in [0.05, 0.1) is 12.3 Å². The van der Waals surface area contributed by atoms with E-state index in [-0.39, 0.29) is 18.4 Å². The molecule has 1 heterocycles. The van der Waals surface area contributed by atoms with Crippen molar-refractivity contribution in [3.05, 3.63) is 17.7 Å². The number of aliphatic hydroxyl groups is 1. The van der Waals surface area contributed by atoms with E-state index in [1.54, 1.807) is 12.1 Å². The topological polar surface area (TPSA) is 99.7 Å². The van der Waals surface area contributed by atoms with Crippen molar-refractivity contribution < 1.29 is 19.4 Å². The summed E-state index contributed by atoms with van der Waals surface area (Å²) in [5.74, 6) is 0.470. The third kappa shape index (κ3) is 5.21. The molecule has 1 aromatic carbocycles. The average molecular weight is 335 g/mol. The van der Waals surface area contributed by atoms with Gasteiger partial charge in [-0.2, -0.15) is 0 Å². The molecule has 0 unspecified atom stereocenters. The fourth-order valence-corrected chi connectivity index (χ4v) is 2.60. The van der Waals surface area contributed by atoms with Crippen LogP contribution < -0.4 is 20.7 Å². The van der Waals surface area contributed by atoms with Crippen molar-refractivity contribution in [1.82, 2.24) is 5.32 Å². The molecule has 2 amide bonds. The van der Waals surface area contributed by atoms with Gasteiger partial charge in [-0.05, 0) is 44.5 Å². The molecule has 0 aromatic heterocycles. The fraction of sp³-hybridized carbons (Fsp3) is 0.529. The van der Waals surface area contributed by atoms with Crippen LogP contribution >= 0.6 is 0 Å². The van der Waals surface area contributed by atoms with E-state index in [0.717, 1.165) is 37.2 Å². The third-order valence-corrected chi connectivity index (χ3v) is 3.70. The third-order valence-electron chi connectivity index (χ3n) is 3.70. The van der Waals surface area contributed by atoms with Crippen molar-refractivity contribution in [3.63, 3.8) is 0 Å². The van der Waals surface area contributed by atoms with Gasteiger partial charge in [-0.15, -0.1) is 0 Å². The quantitative estimate of drug-likeness (QED) is 0.509. The standard InChI is InChI=1S/C17H25N3O4/c1-12(22)19-15-6-5-14-13(4-7-16(23)20-14)17(15)24-11-3-9-18-8-2-10-21/h5-6,18,21H,2-4,7-11H2,1H3,(H,19,22)(H,20,23). The normalized spacial score (nSPS) is 13.2. The second-order valence-electron chi connectivity index (χ2n) is 5.73. The lowest BCUT2D eigenvalue weighted by Gasteiger charge is -2.22. The molecule has 0 saturated carbocycles. The van der Waals surface area contributed by atoms with Gasteiger partial charge in [0.1, 0.15) is 5.75 Å². The molecule has 1 aliphatic rings. The Bertz CT molecular complexity index is 589. The highest BCUT2D eigenvalue weighted by Gasteiger charge is 2.21. The first-order valence-electron chi connectivity index (χ1n) is 8.29. The molecule has 0 spiro atoms. The zero-order valence-electron chi connectivity index (χ0n) is 14.0. The Morgan fingerprint density at radius 1 is 1.29 bits per heavy atom. The molecule has 132 valence electrons. The van der Waals surface area contributed by atoms with Crippen LogP contribution in [-0.2, 0) is 16.0 Å². The Hall–Kier alpha value is -2.12. The van der Waals surface area contributed by atoms with Crippen LogP contribution in [-0.4, -0.2) is 43.2 Å². The number of rotatable bonds is 9. The smallest absolute Gasteiger partial charge is 0.224 e. The minimum Gasteiger partial charge on any atom is -0.491 e. The summed E-state index contributed by atoms with van der Waals surface area (Å²) in [4.78, 5) is 22.9. The van der Waals surface area contributed by atoms with Gasteiger partial charge >= 0.3 is 0 Å². The summed E-state index contributed by atoms with van der Waals surface area (Å²) in [7, 11) is 0. The lowest BCUT2D eigenvalue weighted by Crippen LogP contribution is -2.22. The summed E-state index contributed by atoms with van der Waals surface area (Å²) in [5, 5.41) is 17.6. The van der Waals surface area contributed by atoms with E-state index >= 15 is 0 Å². The van der Waals surface area contributed by atoms with E-state index in [2.05, 4.69) is 16.0 Å². The highest BCUT2D eigenvalue weighted by molar-refractivity contribution is 5.97. The summed E-state index contributed by atoms with van der Waals surface area (Å²) < 4.78 is 5.92. The monoisotopic (exact) mass is 335 g/mol. The van der Waals surface area contributed by atoms with E-state index < -0.39 is 0 Å². The first-order chi connectivity index (χ1) is 11.6. The van der Waals surface area contributed by atoms with Gasteiger partial charge in [-0.3, -0.25) is 9.59 Å². The highest BCUT2D eigenvalue weighted by atomic mass is 16.5. The van der Waals surface area contributed by atoms with E-state index in [9.17, 15) is 9.59 Å². The van der Waals surface area contributed by atoms with Crippen molar-refractivity contribution in [2.24, 2.45) is 0 Å². The first-order valence-corrected chi connectivity index (χ1v) is 8.29. The van der Waals surface area contributed by atoms with E-state index in [4.69, 9.17) is 9.84 Å². The summed E-state index contributed by atoms with van der Waals surface area (Å²) in [5.41, 5.74) is 2.30. The van der Waals surface area contributed by atoms with E-state index in [1.807, 2.05) is 0 Å². The van der Waals surface area contributed by atoms with Gasteiger partial charge in [0.25, 0.3) is 0 Å². The van der Waals surface area contributed by atoms with Crippen molar-refractivity contribution in [3.8, 4) is 5.75 Å². The molecule has 0 saturated heterocycles. The summed E-state index contributed by atoms with van der Waals surface area (Å²) in [6.07, 6.45) is 2.55. The number of fused-ring (bicyclic) bond motifs is 1. The first kappa shape index (κ1) is 18.2. The van der Waals surface area contributed by atoms with E-state index in [1.165, 1.54) is 6.92 Å². The van der Waals surface area contributed by atoms with Crippen LogP contribution in [0.5, 0.6) is 5.75 Å². The molecule has 24 heavy (non-hydrogen) atoms. The molecule has 7 nitrogen and oxygen atoms in total. The van der Waals surface area contributed by atoms with Gasteiger partial charge < -0.3 is 25.8 Å². The van der Waals surface area contributed by atoms with Crippen molar-refractivity contribution >= 4 is 23.2 Å². The SMILES string of the molecule is CC(=O)Nc1ccc2c(c1OCCCNCCCO)CCC(=O)N2. The largest absolute Gasteiger partial charge is 0.491 e. The minimum atomic E-state index is -0.162. The predicted molar refractivity (Wildman–Crippen MR) is 92.4 cm³/mol. The molecular weight excluding hydrogens is 310 g/mol. The lowest BCUT2D eigenvalue weighted by atomic mass is 10.0. The number of nitrogens with one attached hydrogen (secondary N) is 3. The number of aliphatic hydroxyl groups excluding tert-OH is 1. The second-order valence-corrected chi connectivity index (χ2v) is 5.73. The van der Waals surface area contributed by atoms with Crippen LogP contribution in [0.2, 0.25) is 0 Å². The van der Waals surface area contributed by atoms with Crippen molar-refractivity contribution in [2.75, 3.05) is 36.9 Å². The Labute approximate surface area is 141 Å². The van der Waals surface area contributed by atoms with E-state index in [0.29, 0.717) is 30.9 Å². The maximum Gasteiger partial charge on any atom is 0.224 e. The summed E-state index contributed by atoms with van der Waals surface area (Å²) >= 11 is 0. The molecule has 0 atom stereocenters. The number of carbonyl (C=O) groups excluding carboxylic acids is 2. The summed E-state index contributed by atoms with van der Waals surface area (Å²) in [6.45, 7) is 3.71. The van der Waals surface area contributed by atoms with Gasteiger partial charge in [-0.25, -0.2) is 0 Å². The molecule has 4 N–H and O–H groups in total. The Balaban J connectivity index is 2.01. The molecule has 0 radical (unpaired) electrons. The van der Waals surface area contributed by atoms with Gasteiger partial charge in [-0.1, -0.05) is 0 Å². The zero-order chi connectivity index (χ0) is 17.4. The van der Waals surface area contributed by atoms with Crippen LogP contribution in [0.1, 0.15) is 31.7 Å². The van der Waals surface area contributed by atoms with Crippen molar-refractivity contribution in [1.29, 1.82) is 0 Å². The molecule has 7 heteroatoms. The zero-order valence-corrected chi connectivity index (χ0v) is 14.0. The Morgan fingerprint density at radius 3 is 2.83 bits per heavy atom. The maximum atomic E-state index is 11.5. The van der Waals surface area contributed by atoms with Crippen LogP contribution in [0, 0.1) is 0 Å². The lowest BCUT2D eigenvalue weighted by molar-refractivity contribution is -0.116. The Morgan fingerprint density at radius 2 is 2.08 bits per heavy atom. The van der Waals surface area contributed by atoms with Gasteiger partial charge in [0.15, 0.2) is 0 Å². The minimum absolute atomic E-state index is 0.00573. The number of hydrogen-bond acceptors (Lipinski definition) is 5. The second kappa shape index (κ2) is 9.24. The number of ether oxygens (including phenoxy) is 1. The predicted octanol–water partition coefficient (Wildman–Crippen LogP) is 1.27. The molecule has 1 aromatic rings. The van der Waals surface area contributed by atoms with Crippen molar-refractivity contribution in [2.45, 2.75) is 32.6 Å². The maximum absolute atomic E-state index is 11.5. The molecule has 0 fully saturated rings. The number of anilines is 2. The molecular formula is C17H25N3O4. The molecule has 0 bridgehead atoms. The Kier molecular flexibility index (Phi) is 7.02. The van der Waals surface area contributed by atoms with Crippen LogP contribution in [0.4, 0.5) is 11.4 Å². The van der Waals surface area contributed by atoms with Crippen LogP contribution in [0.15, 0.2) is 12.1 Å². The van der Waals surface area contributed by atoms with Gasteiger partial charge in [0.2, 0.25) is 11.8 Å². The number of benzene rings is 1. The van der Waals surface area contributed by atoms with Crippen LogP contribution in [0.3, 0.4) is 0 Å². The number of amides is 2. The number of hydrogen-bond donors (Lipinski definition) is 4. The van der Waals surface area contributed by atoms with Crippen LogP contribution in [0.25, 0.3) is 0 Å². The molecule has 2 rings (SSSR count). The molecule has 0 aliphatic carbocycles. The highest BCUT2D eigenvalue weighted by Crippen LogP contribution is 2.37. The average Bonchev–Trinajstić information content (AvgIpc) is 2.55. The van der Waals surface area contributed by atoms with Gasteiger partial charge in [0, 0.05) is 31.2 Å². The summed E-state index contributed by atoms with van der Waals surface area (Å²) in [6, 6.07) is 3.54.